The number of ether oxygens (including phenoxy) is 2. The van der Waals surface area contributed by atoms with Crippen LogP contribution in [-0.4, -0.2) is 25.2 Å². The van der Waals surface area contributed by atoms with Crippen molar-refractivity contribution >= 4 is 5.91 Å². The zero-order valence-electron chi connectivity index (χ0n) is 16.0. The zero-order valence-corrected chi connectivity index (χ0v) is 16.0. The van der Waals surface area contributed by atoms with Crippen molar-refractivity contribution in [2.45, 2.75) is 46.1 Å². The van der Waals surface area contributed by atoms with Crippen molar-refractivity contribution in [2.75, 3.05) is 13.2 Å². The van der Waals surface area contributed by atoms with E-state index in [1.54, 1.807) is 6.92 Å². The number of nitrogens with one attached hydrogen (secondary N) is 1. The van der Waals surface area contributed by atoms with Gasteiger partial charge in [-0.25, -0.2) is 0 Å². The molecule has 0 spiro atoms. The highest BCUT2D eigenvalue weighted by Gasteiger charge is 2.14. The first-order valence-corrected chi connectivity index (χ1v) is 9.32. The molecule has 0 aromatic heterocycles. The first kappa shape index (κ1) is 19.8. The third-order valence-electron chi connectivity index (χ3n) is 4.12. The fourth-order valence-electron chi connectivity index (χ4n) is 2.63. The highest BCUT2D eigenvalue weighted by Crippen LogP contribution is 2.20. The first-order valence-electron chi connectivity index (χ1n) is 9.32. The van der Waals surface area contributed by atoms with Gasteiger partial charge in [0.1, 0.15) is 11.5 Å². The van der Waals surface area contributed by atoms with Crippen LogP contribution in [0.15, 0.2) is 48.5 Å². The van der Waals surface area contributed by atoms with E-state index >= 15 is 0 Å². The highest BCUT2D eigenvalue weighted by atomic mass is 16.5. The molecule has 0 aliphatic rings. The van der Waals surface area contributed by atoms with E-state index in [2.05, 4.69) is 18.3 Å². The molecule has 0 saturated heterocycles. The molecule has 26 heavy (non-hydrogen) atoms. The van der Waals surface area contributed by atoms with Crippen molar-refractivity contribution in [3.05, 3.63) is 59.7 Å². The Balaban J connectivity index is 1.75. The lowest BCUT2D eigenvalue weighted by Crippen LogP contribution is -2.37. The second-order valence-electron chi connectivity index (χ2n) is 6.38. The summed E-state index contributed by atoms with van der Waals surface area (Å²) in [6.07, 6.45) is 2.20. The number of benzene rings is 2. The lowest BCUT2D eigenvalue weighted by molar-refractivity contribution is -0.127. The van der Waals surface area contributed by atoms with Gasteiger partial charge in [-0.3, -0.25) is 4.79 Å². The molecule has 0 aliphatic heterocycles. The summed E-state index contributed by atoms with van der Waals surface area (Å²) >= 11 is 0. The topological polar surface area (TPSA) is 47.6 Å². The minimum absolute atomic E-state index is 0.0937. The Bertz CT molecular complexity index is 699. The number of aryl methyl sites for hydroxylation is 2. The molecule has 4 heteroatoms. The Hall–Kier alpha value is -2.49. The van der Waals surface area contributed by atoms with Crippen molar-refractivity contribution in [2.24, 2.45) is 0 Å². The Labute approximate surface area is 156 Å². The summed E-state index contributed by atoms with van der Waals surface area (Å²) in [6.45, 7) is 7.18. The molecular formula is C22H29NO3. The van der Waals surface area contributed by atoms with Crippen LogP contribution in [0.1, 0.15) is 37.8 Å². The number of para-hydroxylation sites is 2. The van der Waals surface area contributed by atoms with E-state index in [-0.39, 0.29) is 5.91 Å². The molecule has 2 rings (SSSR count). The van der Waals surface area contributed by atoms with Crippen molar-refractivity contribution in [1.82, 2.24) is 5.32 Å². The molecule has 0 saturated carbocycles. The number of hydrogen-bond donors (Lipinski definition) is 1. The fraction of sp³-hybridized carbons (Fsp3) is 0.409. The predicted octanol–water partition coefficient (Wildman–Crippen LogP) is 4.30. The van der Waals surface area contributed by atoms with Crippen LogP contribution in [0.3, 0.4) is 0 Å². The Kier molecular flexibility index (Phi) is 8.00. The molecule has 2 aromatic rings. The van der Waals surface area contributed by atoms with Gasteiger partial charge in [-0.05, 0) is 56.4 Å². The first-order chi connectivity index (χ1) is 12.6. The van der Waals surface area contributed by atoms with Gasteiger partial charge in [0.25, 0.3) is 5.91 Å². The van der Waals surface area contributed by atoms with E-state index in [1.807, 2.05) is 49.4 Å². The number of amides is 1. The van der Waals surface area contributed by atoms with E-state index in [4.69, 9.17) is 9.47 Å². The molecule has 0 aliphatic carbocycles. The second kappa shape index (κ2) is 10.5. The maximum atomic E-state index is 12.2. The second-order valence-corrected chi connectivity index (χ2v) is 6.38. The molecule has 0 unspecified atom stereocenters. The zero-order chi connectivity index (χ0) is 18.8. The van der Waals surface area contributed by atoms with E-state index < -0.39 is 6.10 Å². The normalized spacial score (nSPS) is 11.7. The maximum Gasteiger partial charge on any atom is 0.260 e. The maximum absolute atomic E-state index is 12.2. The van der Waals surface area contributed by atoms with Gasteiger partial charge in [-0.1, -0.05) is 43.3 Å². The minimum atomic E-state index is -0.517. The average molecular weight is 355 g/mol. The van der Waals surface area contributed by atoms with Gasteiger partial charge in [0.05, 0.1) is 6.61 Å². The smallest absolute Gasteiger partial charge is 0.260 e. The Morgan fingerprint density at radius 3 is 2.50 bits per heavy atom. The fourth-order valence-corrected chi connectivity index (χ4v) is 2.63. The molecule has 1 amide bonds. The predicted molar refractivity (Wildman–Crippen MR) is 105 cm³/mol. The summed E-state index contributed by atoms with van der Waals surface area (Å²) in [5.74, 6) is 1.60. The lowest BCUT2D eigenvalue weighted by Gasteiger charge is -2.16. The van der Waals surface area contributed by atoms with E-state index in [1.165, 1.54) is 5.56 Å². The molecule has 0 radical (unpaired) electrons. The van der Waals surface area contributed by atoms with Crippen LogP contribution >= 0.6 is 0 Å². The average Bonchev–Trinajstić information content (AvgIpc) is 2.65. The van der Waals surface area contributed by atoms with Crippen LogP contribution in [0, 0.1) is 6.92 Å². The van der Waals surface area contributed by atoms with Gasteiger partial charge < -0.3 is 14.8 Å². The van der Waals surface area contributed by atoms with Crippen LogP contribution < -0.4 is 14.8 Å². The summed E-state index contributed by atoms with van der Waals surface area (Å²) < 4.78 is 11.5. The summed E-state index contributed by atoms with van der Waals surface area (Å²) in [7, 11) is 0. The monoisotopic (exact) mass is 355 g/mol. The van der Waals surface area contributed by atoms with Gasteiger partial charge >= 0.3 is 0 Å². The molecule has 1 atom stereocenters. The molecule has 4 nitrogen and oxygen atoms in total. The van der Waals surface area contributed by atoms with Crippen LogP contribution in [0.4, 0.5) is 0 Å². The van der Waals surface area contributed by atoms with Gasteiger partial charge in [0, 0.05) is 6.54 Å². The number of carbonyl (C=O) groups excluding carboxylic acids is 1. The Morgan fingerprint density at radius 2 is 1.77 bits per heavy atom. The third kappa shape index (κ3) is 6.10. The van der Waals surface area contributed by atoms with Gasteiger partial charge in [0.15, 0.2) is 6.10 Å². The van der Waals surface area contributed by atoms with Crippen molar-refractivity contribution in [1.29, 1.82) is 0 Å². The van der Waals surface area contributed by atoms with Crippen LogP contribution in [0.25, 0.3) is 0 Å². The van der Waals surface area contributed by atoms with Gasteiger partial charge in [-0.15, -0.1) is 0 Å². The number of carbonyl (C=O) groups is 1. The van der Waals surface area contributed by atoms with Crippen LogP contribution in [0.2, 0.25) is 0 Å². The van der Waals surface area contributed by atoms with Crippen LogP contribution in [-0.2, 0) is 11.2 Å². The SMILES string of the molecule is CCCOc1ccccc1CCCNC(=O)[C@@H](C)Oc1ccccc1C. The third-order valence-corrected chi connectivity index (χ3v) is 4.12. The molecular weight excluding hydrogens is 326 g/mol. The Morgan fingerprint density at radius 1 is 1.08 bits per heavy atom. The van der Waals surface area contributed by atoms with E-state index in [0.29, 0.717) is 6.54 Å². The molecule has 0 heterocycles. The largest absolute Gasteiger partial charge is 0.493 e. The summed E-state index contributed by atoms with van der Waals surface area (Å²) in [5, 5.41) is 2.95. The van der Waals surface area contributed by atoms with E-state index in [9.17, 15) is 4.79 Å². The van der Waals surface area contributed by atoms with Crippen LogP contribution in [0.5, 0.6) is 11.5 Å². The molecule has 140 valence electrons. The van der Waals surface area contributed by atoms with Crippen molar-refractivity contribution in [3.63, 3.8) is 0 Å². The lowest BCUT2D eigenvalue weighted by atomic mass is 10.1. The quantitative estimate of drug-likeness (QED) is 0.647. The van der Waals surface area contributed by atoms with Crippen molar-refractivity contribution in [3.8, 4) is 11.5 Å². The van der Waals surface area contributed by atoms with Gasteiger partial charge in [-0.2, -0.15) is 0 Å². The summed E-state index contributed by atoms with van der Waals surface area (Å²) in [6, 6.07) is 15.8. The number of rotatable bonds is 10. The molecule has 1 N–H and O–H groups in total. The molecule has 0 fully saturated rings. The molecule has 2 aromatic carbocycles. The minimum Gasteiger partial charge on any atom is -0.493 e. The summed E-state index contributed by atoms with van der Waals surface area (Å²) in [4.78, 5) is 12.2. The molecule has 0 bridgehead atoms. The highest BCUT2D eigenvalue weighted by molar-refractivity contribution is 5.80. The standard InChI is InChI=1S/C22H29NO3/c1-4-16-25-21-14-8-6-11-19(21)12-9-15-23-22(24)18(3)26-20-13-7-5-10-17(20)2/h5-8,10-11,13-14,18H,4,9,12,15-16H2,1-3H3,(H,23,24)/t18-/m1/s1. The van der Waals surface area contributed by atoms with Crippen molar-refractivity contribution < 1.29 is 14.3 Å². The number of hydrogen-bond acceptors (Lipinski definition) is 3. The summed E-state index contributed by atoms with van der Waals surface area (Å²) in [5.41, 5.74) is 2.20. The van der Waals surface area contributed by atoms with Gasteiger partial charge in [0.2, 0.25) is 0 Å². The van der Waals surface area contributed by atoms with E-state index in [0.717, 1.165) is 42.9 Å².